The van der Waals surface area contributed by atoms with Gasteiger partial charge in [0.15, 0.2) is 5.78 Å². The number of ether oxygens (including phenoxy) is 1. The van der Waals surface area contributed by atoms with Crippen molar-refractivity contribution < 1.29 is 17.9 Å². The number of Topliss-reactive ketones (excluding diaryl/α,β-unsaturated/α-hetero) is 1. The van der Waals surface area contributed by atoms with Gasteiger partial charge in [0.05, 0.1) is 24.0 Å². The standard InChI is InChI=1S/C12H14ClNO4S/c13-9-12(15)10-1-3-11(4-2-10)19(16,17)14-5-7-18-8-6-14/h1-4H,5-9H2. The predicted molar refractivity (Wildman–Crippen MR) is 71.1 cm³/mol. The molecule has 2 rings (SSSR count). The van der Waals surface area contributed by atoms with Crippen molar-refractivity contribution in [1.29, 1.82) is 0 Å². The highest BCUT2D eigenvalue weighted by Crippen LogP contribution is 2.18. The number of carbonyl (C=O) groups is 1. The fourth-order valence-corrected chi connectivity index (χ4v) is 3.39. The minimum atomic E-state index is -3.50. The summed E-state index contributed by atoms with van der Waals surface area (Å²) in [7, 11) is -3.50. The van der Waals surface area contributed by atoms with E-state index in [1.54, 1.807) is 0 Å². The second kappa shape index (κ2) is 6.00. The summed E-state index contributed by atoms with van der Waals surface area (Å²) in [4.78, 5) is 11.5. The molecule has 7 heteroatoms. The Morgan fingerprint density at radius 2 is 1.79 bits per heavy atom. The highest BCUT2D eigenvalue weighted by Gasteiger charge is 2.26. The molecular formula is C12H14ClNO4S. The van der Waals surface area contributed by atoms with Crippen LogP contribution in [0, 0.1) is 0 Å². The number of nitrogens with zero attached hydrogens (tertiary/aromatic N) is 1. The van der Waals surface area contributed by atoms with Crippen LogP contribution < -0.4 is 0 Å². The van der Waals surface area contributed by atoms with Crippen LogP contribution in [-0.2, 0) is 14.8 Å². The van der Waals surface area contributed by atoms with E-state index in [0.29, 0.717) is 31.9 Å². The molecule has 0 saturated carbocycles. The zero-order chi connectivity index (χ0) is 13.9. The SMILES string of the molecule is O=C(CCl)c1ccc(S(=O)(=O)N2CCOCC2)cc1. The molecule has 0 spiro atoms. The Balaban J connectivity index is 2.23. The number of ketones is 1. The Kier molecular flexibility index (Phi) is 4.57. The first-order chi connectivity index (χ1) is 9.05. The predicted octanol–water partition coefficient (Wildman–Crippen LogP) is 1.13. The van der Waals surface area contributed by atoms with Crippen LogP contribution in [0.4, 0.5) is 0 Å². The maximum absolute atomic E-state index is 12.3. The van der Waals surface area contributed by atoms with Gasteiger partial charge in [0.2, 0.25) is 10.0 Å². The van der Waals surface area contributed by atoms with Crippen LogP contribution >= 0.6 is 11.6 Å². The molecule has 0 radical (unpaired) electrons. The third-order valence-electron chi connectivity index (χ3n) is 2.91. The van der Waals surface area contributed by atoms with Crippen molar-refractivity contribution in [1.82, 2.24) is 4.31 Å². The molecule has 1 fully saturated rings. The van der Waals surface area contributed by atoms with Crippen LogP contribution in [-0.4, -0.2) is 50.7 Å². The first-order valence-corrected chi connectivity index (χ1v) is 7.80. The second-order valence-corrected chi connectivity index (χ2v) is 6.30. The zero-order valence-corrected chi connectivity index (χ0v) is 11.8. The molecular weight excluding hydrogens is 290 g/mol. The fourth-order valence-electron chi connectivity index (χ4n) is 1.83. The van der Waals surface area contributed by atoms with Gasteiger partial charge in [-0.3, -0.25) is 4.79 Å². The van der Waals surface area contributed by atoms with Gasteiger partial charge in [-0.1, -0.05) is 12.1 Å². The number of benzene rings is 1. The number of hydrogen-bond donors (Lipinski definition) is 0. The summed E-state index contributed by atoms with van der Waals surface area (Å²) in [6.07, 6.45) is 0. The molecule has 0 aliphatic carbocycles. The quantitative estimate of drug-likeness (QED) is 0.618. The molecule has 0 atom stereocenters. The molecule has 1 saturated heterocycles. The molecule has 0 bridgehead atoms. The van der Waals surface area contributed by atoms with Gasteiger partial charge >= 0.3 is 0 Å². The van der Waals surface area contributed by atoms with E-state index in [2.05, 4.69) is 0 Å². The molecule has 1 heterocycles. The molecule has 0 aromatic heterocycles. The van der Waals surface area contributed by atoms with Crippen LogP contribution in [0.15, 0.2) is 29.2 Å². The minimum absolute atomic E-state index is 0.116. The molecule has 1 aliphatic rings. The van der Waals surface area contributed by atoms with Gasteiger partial charge in [0.25, 0.3) is 0 Å². The first kappa shape index (κ1) is 14.5. The number of halogens is 1. The summed E-state index contributed by atoms with van der Waals surface area (Å²) < 4.78 is 31.1. The van der Waals surface area contributed by atoms with Gasteiger partial charge in [-0.15, -0.1) is 11.6 Å². The monoisotopic (exact) mass is 303 g/mol. The minimum Gasteiger partial charge on any atom is -0.379 e. The van der Waals surface area contributed by atoms with E-state index >= 15 is 0 Å². The maximum Gasteiger partial charge on any atom is 0.243 e. The molecule has 0 unspecified atom stereocenters. The average Bonchev–Trinajstić information content (AvgIpc) is 2.47. The van der Waals surface area contributed by atoms with E-state index in [1.165, 1.54) is 28.6 Å². The number of hydrogen-bond acceptors (Lipinski definition) is 4. The second-order valence-electron chi connectivity index (χ2n) is 4.10. The maximum atomic E-state index is 12.3. The summed E-state index contributed by atoms with van der Waals surface area (Å²) in [5.74, 6) is -0.341. The van der Waals surface area contributed by atoms with Crippen molar-refractivity contribution in [3.63, 3.8) is 0 Å². The molecule has 1 aliphatic heterocycles. The molecule has 19 heavy (non-hydrogen) atoms. The highest BCUT2D eigenvalue weighted by molar-refractivity contribution is 7.89. The molecule has 0 amide bonds. The van der Waals surface area contributed by atoms with Crippen LogP contribution in [0.2, 0.25) is 0 Å². The van der Waals surface area contributed by atoms with Gasteiger partial charge in [0.1, 0.15) is 0 Å². The summed E-state index contributed by atoms with van der Waals surface area (Å²) in [6, 6.07) is 5.84. The number of carbonyl (C=O) groups excluding carboxylic acids is 1. The summed E-state index contributed by atoms with van der Waals surface area (Å²) in [5.41, 5.74) is 0.413. The summed E-state index contributed by atoms with van der Waals surface area (Å²) in [6.45, 7) is 1.51. The lowest BCUT2D eigenvalue weighted by atomic mass is 10.1. The van der Waals surface area contributed by atoms with Crippen molar-refractivity contribution >= 4 is 27.4 Å². The Morgan fingerprint density at radius 3 is 2.32 bits per heavy atom. The van der Waals surface area contributed by atoms with Gasteiger partial charge in [-0.25, -0.2) is 8.42 Å². The van der Waals surface area contributed by atoms with Gasteiger partial charge in [-0.05, 0) is 12.1 Å². The lowest BCUT2D eigenvalue weighted by Crippen LogP contribution is -2.40. The van der Waals surface area contributed by atoms with Gasteiger partial charge < -0.3 is 4.74 Å². The normalized spacial score (nSPS) is 17.3. The Hall–Kier alpha value is -0.950. The third-order valence-corrected chi connectivity index (χ3v) is 5.06. The Morgan fingerprint density at radius 1 is 1.21 bits per heavy atom. The third kappa shape index (κ3) is 3.14. The van der Waals surface area contributed by atoms with Gasteiger partial charge in [0, 0.05) is 18.7 Å². The first-order valence-electron chi connectivity index (χ1n) is 5.83. The zero-order valence-electron chi connectivity index (χ0n) is 10.2. The number of morpholine rings is 1. The number of sulfonamides is 1. The molecule has 1 aromatic carbocycles. The Labute approximate surface area is 117 Å². The van der Waals surface area contributed by atoms with E-state index in [4.69, 9.17) is 16.3 Å². The summed E-state index contributed by atoms with van der Waals surface area (Å²) >= 11 is 5.45. The number of rotatable bonds is 4. The Bertz CT molecular complexity index is 550. The lowest BCUT2D eigenvalue weighted by Gasteiger charge is -2.26. The van der Waals surface area contributed by atoms with Crippen LogP contribution in [0.1, 0.15) is 10.4 Å². The molecule has 1 aromatic rings. The van der Waals surface area contributed by atoms with Crippen molar-refractivity contribution in [3.05, 3.63) is 29.8 Å². The van der Waals surface area contributed by atoms with E-state index in [1.807, 2.05) is 0 Å². The molecule has 104 valence electrons. The van der Waals surface area contributed by atoms with Crippen LogP contribution in [0.25, 0.3) is 0 Å². The molecule has 0 N–H and O–H groups in total. The largest absolute Gasteiger partial charge is 0.379 e. The fraction of sp³-hybridized carbons (Fsp3) is 0.417. The van der Waals surface area contributed by atoms with E-state index < -0.39 is 10.0 Å². The van der Waals surface area contributed by atoms with Crippen LogP contribution in [0.5, 0.6) is 0 Å². The highest BCUT2D eigenvalue weighted by atomic mass is 35.5. The van der Waals surface area contributed by atoms with E-state index in [-0.39, 0.29) is 16.6 Å². The van der Waals surface area contributed by atoms with Gasteiger partial charge in [-0.2, -0.15) is 4.31 Å². The van der Waals surface area contributed by atoms with Crippen molar-refractivity contribution in [2.75, 3.05) is 32.2 Å². The topological polar surface area (TPSA) is 63.7 Å². The average molecular weight is 304 g/mol. The smallest absolute Gasteiger partial charge is 0.243 e. The van der Waals surface area contributed by atoms with Crippen molar-refractivity contribution in [3.8, 4) is 0 Å². The summed E-state index contributed by atoms with van der Waals surface area (Å²) in [5, 5.41) is 0. The lowest BCUT2D eigenvalue weighted by molar-refractivity contribution is 0.0730. The van der Waals surface area contributed by atoms with E-state index in [9.17, 15) is 13.2 Å². The molecule has 5 nitrogen and oxygen atoms in total. The van der Waals surface area contributed by atoms with E-state index in [0.717, 1.165) is 0 Å². The van der Waals surface area contributed by atoms with Crippen molar-refractivity contribution in [2.45, 2.75) is 4.90 Å². The number of alkyl halides is 1. The van der Waals surface area contributed by atoms with Crippen LogP contribution in [0.3, 0.4) is 0 Å². The van der Waals surface area contributed by atoms with Crippen molar-refractivity contribution in [2.24, 2.45) is 0 Å².